The van der Waals surface area contributed by atoms with Crippen LogP contribution < -0.4 is 5.32 Å². The summed E-state index contributed by atoms with van der Waals surface area (Å²) in [5, 5.41) is 14.8. The standard InChI is InChI=1S/C13H12FN3S/c1-9(13-16-4-5-18-13)8-17-11-3-2-10(7-15)12(14)6-11/h2-6,9,17H,8H2,1H3. The minimum atomic E-state index is -0.496. The number of hydrogen-bond donors (Lipinski definition) is 1. The number of anilines is 1. The molecule has 92 valence electrons. The van der Waals surface area contributed by atoms with Gasteiger partial charge in [-0.15, -0.1) is 11.3 Å². The van der Waals surface area contributed by atoms with Crippen molar-refractivity contribution in [3.05, 3.63) is 46.2 Å². The molecule has 3 nitrogen and oxygen atoms in total. The normalized spacial score (nSPS) is 11.8. The van der Waals surface area contributed by atoms with Gasteiger partial charge in [0.05, 0.1) is 10.6 Å². The van der Waals surface area contributed by atoms with Crippen LogP contribution in [0.2, 0.25) is 0 Å². The Morgan fingerprint density at radius 2 is 2.39 bits per heavy atom. The zero-order chi connectivity index (χ0) is 13.0. The average Bonchev–Trinajstić information content (AvgIpc) is 2.90. The monoisotopic (exact) mass is 261 g/mol. The van der Waals surface area contributed by atoms with Gasteiger partial charge >= 0.3 is 0 Å². The Morgan fingerprint density at radius 3 is 3.00 bits per heavy atom. The number of nitrogens with one attached hydrogen (secondary N) is 1. The highest BCUT2D eigenvalue weighted by Gasteiger charge is 2.08. The molecule has 0 aliphatic heterocycles. The Kier molecular flexibility index (Phi) is 3.90. The summed E-state index contributed by atoms with van der Waals surface area (Å²) in [4.78, 5) is 4.23. The Hall–Kier alpha value is -1.93. The first kappa shape index (κ1) is 12.5. The van der Waals surface area contributed by atoms with E-state index in [0.29, 0.717) is 12.2 Å². The molecule has 0 bridgehead atoms. The van der Waals surface area contributed by atoms with Crippen LogP contribution in [-0.4, -0.2) is 11.5 Å². The largest absolute Gasteiger partial charge is 0.384 e. The second-order valence-corrected chi connectivity index (χ2v) is 4.88. The summed E-state index contributed by atoms with van der Waals surface area (Å²) in [6.07, 6.45) is 1.78. The van der Waals surface area contributed by atoms with Crippen LogP contribution in [0.25, 0.3) is 0 Å². The van der Waals surface area contributed by atoms with Crippen molar-refractivity contribution in [1.82, 2.24) is 4.98 Å². The predicted molar refractivity (Wildman–Crippen MR) is 70.1 cm³/mol. The van der Waals surface area contributed by atoms with Crippen molar-refractivity contribution < 1.29 is 4.39 Å². The molecule has 0 spiro atoms. The lowest BCUT2D eigenvalue weighted by Crippen LogP contribution is -2.09. The van der Waals surface area contributed by atoms with Crippen LogP contribution in [0.1, 0.15) is 23.4 Å². The number of nitrogens with zero attached hydrogens (tertiary/aromatic N) is 2. The summed E-state index contributed by atoms with van der Waals surface area (Å²) < 4.78 is 13.4. The Bertz CT molecular complexity index is 560. The van der Waals surface area contributed by atoms with E-state index in [1.165, 1.54) is 12.1 Å². The summed E-state index contributed by atoms with van der Waals surface area (Å²) in [5.74, 6) is -0.229. The molecule has 5 heteroatoms. The van der Waals surface area contributed by atoms with Crippen molar-refractivity contribution in [2.24, 2.45) is 0 Å². The molecule has 1 unspecified atom stereocenters. The van der Waals surface area contributed by atoms with Gasteiger partial charge in [-0.2, -0.15) is 5.26 Å². The fourth-order valence-corrected chi connectivity index (χ4v) is 2.25. The molecule has 1 aromatic carbocycles. The van der Waals surface area contributed by atoms with E-state index < -0.39 is 5.82 Å². The van der Waals surface area contributed by atoms with E-state index >= 15 is 0 Å². The number of nitriles is 1. The van der Waals surface area contributed by atoms with E-state index in [1.807, 2.05) is 5.38 Å². The van der Waals surface area contributed by atoms with E-state index in [4.69, 9.17) is 5.26 Å². The Balaban J connectivity index is 1.99. The highest BCUT2D eigenvalue weighted by molar-refractivity contribution is 7.09. The van der Waals surface area contributed by atoms with Crippen molar-refractivity contribution in [2.45, 2.75) is 12.8 Å². The fraction of sp³-hybridized carbons (Fsp3) is 0.231. The van der Waals surface area contributed by atoms with Crippen LogP contribution in [0.4, 0.5) is 10.1 Å². The third-order valence-corrected chi connectivity index (χ3v) is 3.58. The molecule has 0 amide bonds. The number of rotatable bonds is 4. The van der Waals surface area contributed by atoms with E-state index in [0.717, 1.165) is 5.01 Å². The van der Waals surface area contributed by atoms with Gasteiger partial charge in [0.2, 0.25) is 0 Å². The van der Waals surface area contributed by atoms with Gasteiger partial charge in [0.1, 0.15) is 11.9 Å². The average molecular weight is 261 g/mol. The molecule has 0 radical (unpaired) electrons. The number of aromatic nitrogens is 1. The number of hydrogen-bond acceptors (Lipinski definition) is 4. The molecule has 1 N–H and O–H groups in total. The molecular weight excluding hydrogens is 249 g/mol. The van der Waals surface area contributed by atoms with Gasteiger partial charge in [-0.3, -0.25) is 0 Å². The molecule has 1 aromatic heterocycles. The zero-order valence-corrected chi connectivity index (χ0v) is 10.7. The molecule has 0 saturated heterocycles. The molecule has 0 aliphatic carbocycles. The van der Waals surface area contributed by atoms with Crippen molar-refractivity contribution in [3.63, 3.8) is 0 Å². The summed E-state index contributed by atoms with van der Waals surface area (Å²) in [5.41, 5.74) is 0.739. The summed E-state index contributed by atoms with van der Waals surface area (Å²) in [6, 6.07) is 6.32. The third kappa shape index (κ3) is 2.84. The van der Waals surface area contributed by atoms with E-state index in [9.17, 15) is 4.39 Å². The Morgan fingerprint density at radius 1 is 1.56 bits per heavy atom. The zero-order valence-electron chi connectivity index (χ0n) is 9.85. The van der Waals surface area contributed by atoms with Gasteiger partial charge in [-0.1, -0.05) is 6.92 Å². The smallest absolute Gasteiger partial charge is 0.143 e. The lowest BCUT2D eigenvalue weighted by molar-refractivity contribution is 0.624. The van der Waals surface area contributed by atoms with E-state index in [-0.39, 0.29) is 11.5 Å². The van der Waals surface area contributed by atoms with Gasteiger partial charge in [0, 0.05) is 29.7 Å². The van der Waals surface area contributed by atoms with Crippen molar-refractivity contribution in [2.75, 3.05) is 11.9 Å². The molecule has 18 heavy (non-hydrogen) atoms. The predicted octanol–water partition coefficient (Wildman–Crippen LogP) is 3.37. The van der Waals surface area contributed by atoms with Crippen molar-refractivity contribution in [1.29, 1.82) is 5.26 Å². The lowest BCUT2D eigenvalue weighted by Gasteiger charge is -2.11. The number of halogens is 1. The summed E-state index contributed by atoms with van der Waals surface area (Å²) in [6.45, 7) is 2.74. The van der Waals surface area contributed by atoms with Crippen LogP contribution in [0.15, 0.2) is 29.8 Å². The fourth-order valence-electron chi connectivity index (χ4n) is 1.55. The van der Waals surface area contributed by atoms with Crippen LogP contribution >= 0.6 is 11.3 Å². The quantitative estimate of drug-likeness (QED) is 0.918. The highest BCUT2D eigenvalue weighted by Crippen LogP contribution is 2.19. The first-order chi connectivity index (χ1) is 8.70. The molecule has 1 atom stereocenters. The van der Waals surface area contributed by atoms with Gasteiger partial charge in [-0.05, 0) is 18.2 Å². The van der Waals surface area contributed by atoms with Crippen LogP contribution in [0.3, 0.4) is 0 Å². The van der Waals surface area contributed by atoms with Gasteiger partial charge < -0.3 is 5.32 Å². The maximum Gasteiger partial charge on any atom is 0.143 e. The number of benzene rings is 1. The number of thiazole rings is 1. The second-order valence-electron chi connectivity index (χ2n) is 3.96. The SMILES string of the molecule is CC(CNc1ccc(C#N)c(F)c1)c1nccs1. The van der Waals surface area contributed by atoms with Crippen molar-refractivity contribution >= 4 is 17.0 Å². The van der Waals surface area contributed by atoms with Gasteiger partial charge in [0.25, 0.3) is 0 Å². The lowest BCUT2D eigenvalue weighted by atomic mass is 10.1. The third-order valence-electron chi connectivity index (χ3n) is 2.57. The maximum absolute atomic E-state index is 13.4. The van der Waals surface area contributed by atoms with Gasteiger partial charge in [0.15, 0.2) is 0 Å². The van der Waals surface area contributed by atoms with E-state index in [2.05, 4.69) is 17.2 Å². The highest BCUT2D eigenvalue weighted by atomic mass is 32.1. The summed E-state index contributed by atoms with van der Waals surface area (Å²) >= 11 is 1.61. The van der Waals surface area contributed by atoms with E-state index in [1.54, 1.807) is 29.7 Å². The van der Waals surface area contributed by atoms with Crippen LogP contribution in [-0.2, 0) is 0 Å². The first-order valence-corrected chi connectivity index (χ1v) is 6.41. The molecule has 1 heterocycles. The summed E-state index contributed by atoms with van der Waals surface area (Å²) in [7, 11) is 0. The second kappa shape index (κ2) is 5.61. The maximum atomic E-state index is 13.4. The van der Waals surface area contributed by atoms with Crippen LogP contribution in [0, 0.1) is 17.1 Å². The molecule has 2 aromatic rings. The molecule has 2 rings (SSSR count). The van der Waals surface area contributed by atoms with Crippen LogP contribution in [0.5, 0.6) is 0 Å². The molecular formula is C13H12FN3S. The van der Waals surface area contributed by atoms with Gasteiger partial charge in [-0.25, -0.2) is 9.37 Å². The van der Waals surface area contributed by atoms with Crippen molar-refractivity contribution in [3.8, 4) is 6.07 Å². The minimum absolute atomic E-state index is 0.0634. The first-order valence-electron chi connectivity index (χ1n) is 5.53. The molecule has 0 saturated carbocycles. The molecule has 0 fully saturated rings. The Labute approximate surface area is 109 Å². The minimum Gasteiger partial charge on any atom is -0.384 e. The topological polar surface area (TPSA) is 48.7 Å². The molecule has 0 aliphatic rings.